The first-order valence-corrected chi connectivity index (χ1v) is 7.81. The number of anilines is 2. The number of hydrogen-bond donors (Lipinski definition) is 3. The van der Waals surface area contributed by atoms with Crippen LogP contribution in [0.15, 0.2) is 33.8 Å². The predicted octanol–water partition coefficient (Wildman–Crippen LogP) is 2.12. The minimum absolute atomic E-state index is 0.0164. The summed E-state index contributed by atoms with van der Waals surface area (Å²) in [5, 5.41) is 6.01. The Labute approximate surface area is 119 Å². The van der Waals surface area contributed by atoms with Crippen LogP contribution in [0.5, 0.6) is 0 Å². The Bertz CT molecular complexity index is 696. The van der Waals surface area contributed by atoms with Gasteiger partial charge in [-0.1, -0.05) is 22.9 Å². The number of aromatic nitrogens is 2. The molecular weight excluding hydrogens is 332 g/mol. The number of nitrogen functional groups attached to an aromatic ring is 1. The fraction of sp³-hybridized carbons (Fsp3) is 0.182. The fourth-order valence-electron chi connectivity index (χ4n) is 1.65. The van der Waals surface area contributed by atoms with E-state index in [9.17, 15) is 8.42 Å². The number of benzene rings is 1. The third kappa shape index (κ3) is 2.90. The Morgan fingerprint density at radius 3 is 2.79 bits per heavy atom. The smallest absolute Gasteiger partial charge is 0.267 e. The predicted molar refractivity (Wildman–Crippen MR) is 77.3 cm³/mol. The van der Waals surface area contributed by atoms with E-state index in [0.29, 0.717) is 12.1 Å². The number of aryl methyl sites for hydroxylation is 1. The maximum atomic E-state index is 12.2. The van der Waals surface area contributed by atoms with Crippen molar-refractivity contribution in [2.24, 2.45) is 0 Å². The molecule has 0 unspecified atom stereocenters. The van der Waals surface area contributed by atoms with E-state index in [1.54, 1.807) is 12.1 Å². The van der Waals surface area contributed by atoms with Crippen molar-refractivity contribution in [2.75, 3.05) is 10.5 Å². The van der Waals surface area contributed by atoms with Crippen LogP contribution in [-0.4, -0.2) is 18.6 Å². The van der Waals surface area contributed by atoms with Crippen LogP contribution in [-0.2, 0) is 16.4 Å². The van der Waals surface area contributed by atoms with E-state index in [2.05, 4.69) is 30.8 Å². The molecule has 102 valence electrons. The zero-order valence-corrected chi connectivity index (χ0v) is 12.5. The Morgan fingerprint density at radius 2 is 2.21 bits per heavy atom. The molecule has 4 N–H and O–H groups in total. The van der Waals surface area contributed by atoms with Gasteiger partial charge in [-0.15, -0.1) is 0 Å². The van der Waals surface area contributed by atoms with Gasteiger partial charge in [-0.25, -0.2) is 8.42 Å². The van der Waals surface area contributed by atoms with Gasteiger partial charge in [0.25, 0.3) is 10.0 Å². The van der Waals surface area contributed by atoms with Crippen LogP contribution in [0.3, 0.4) is 0 Å². The first-order chi connectivity index (χ1) is 8.94. The number of nitrogens with zero attached hydrogens (tertiary/aromatic N) is 1. The van der Waals surface area contributed by atoms with Crippen LogP contribution in [0.2, 0.25) is 0 Å². The summed E-state index contributed by atoms with van der Waals surface area (Å²) in [5.74, 6) is 0.0164. The van der Waals surface area contributed by atoms with Crippen LogP contribution >= 0.6 is 15.9 Å². The van der Waals surface area contributed by atoms with Gasteiger partial charge in [0.1, 0.15) is 10.7 Å². The summed E-state index contributed by atoms with van der Waals surface area (Å²) < 4.78 is 27.8. The maximum Gasteiger partial charge on any atom is 0.267 e. The van der Waals surface area contributed by atoms with E-state index in [1.807, 2.05) is 13.0 Å². The molecule has 0 aliphatic rings. The van der Waals surface area contributed by atoms with Gasteiger partial charge in [-0.3, -0.25) is 9.82 Å². The lowest BCUT2D eigenvalue weighted by atomic mass is 10.1. The van der Waals surface area contributed by atoms with Crippen molar-refractivity contribution < 1.29 is 8.42 Å². The standard InChI is InChI=1S/C11H13BrN4O2S/c1-2-7-5-8(12)3-4-9(7)16-19(17,18)10-6-14-15-11(10)13/h3-6,16H,2H2,1H3,(H3,13,14,15). The number of nitrogens with one attached hydrogen (secondary N) is 2. The number of sulfonamides is 1. The largest absolute Gasteiger partial charge is 0.383 e. The Kier molecular flexibility index (Phi) is 3.81. The summed E-state index contributed by atoms with van der Waals surface area (Å²) in [6.45, 7) is 1.95. The normalized spacial score (nSPS) is 11.5. The molecule has 0 aliphatic carbocycles. The molecule has 0 aliphatic heterocycles. The highest BCUT2D eigenvalue weighted by atomic mass is 79.9. The van der Waals surface area contributed by atoms with Crippen molar-refractivity contribution >= 4 is 37.5 Å². The molecule has 0 saturated heterocycles. The molecule has 0 atom stereocenters. The van der Waals surface area contributed by atoms with Gasteiger partial charge in [0, 0.05) is 4.47 Å². The molecule has 19 heavy (non-hydrogen) atoms. The van der Waals surface area contributed by atoms with E-state index in [-0.39, 0.29) is 10.7 Å². The molecule has 0 fully saturated rings. The molecule has 1 aromatic heterocycles. The third-order valence-corrected chi connectivity index (χ3v) is 4.50. The number of H-pyrrole nitrogens is 1. The van der Waals surface area contributed by atoms with E-state index in [4.69, 9.17) is 5.73 Å². The Morgan fingerprint density at radius 1 is 1.47 bits per heavy atom. The highest BCUT2D eigenvalue weighted by molar-refractivity contribution is 9.10. The lowest BCUT2D eigenvalue weighted by Gasteiger charge is -2.11. The molecule has 0 amide bonds. The molecule has 6 nitrogen and oxygen atoms in total. The number of rotatable bonds is 4. The van der Waals surface area contributed by atoms with Gasteiger partial charge in [0.15, 0.2) is 0 Å². The highest BCUT2D eigenvalue weighted by Crippen LogP contribution is 2.25. The molecule has 0 saturated carbocycles. The summed E-state index contributed by atoms with van der Waals surface area (Å²) in [6, 6.07) is 5.35. The van der Waals surface area contributed by atoms with Crippen LogP contribution in [0.4, 0.5) is 11.5 Å². The average Bonchev–Trinajstić information content (AvgIpc) is 2.78. The molecule has 0 bridgehead atoms. The number of hydrogen-bond acceptors (Lipinski definition) is 4. The van der Waals surface area contributed by atoms with Crippen LogP contribution in [0.25, 0.3) is 0 Å². The minimum atomic E-state index is -3.73. The number of aromatic amines is 1. The second-order valence-electron chi connectivity index (χ2n) is 3.91. The molecule has 0 spiro atoms. The van der Waals surface area contributed by atoms with Crippen molar-refractivity contribution in [1.29, 1.82) is 0 Å². The van der Waals surface area contributed by atoms with Gasteiger partial charge in [0.05, 0.1) is 11.9 Å². The summed E-state index contributed by atoms with van der Waals surface area (Å²) in [7, 11) is -3.73. The number of nitrogens with two attached hydrogens (primary N) is 1. The van der Waals surface area contributed by atoms with Crippen molar-refractivity contribution in [1.82, 2.24) is 10.2 Å². The third-order valence-electron chi connectivity index (χ3n) is 2.61. The summed E-state index contributed by atoms with van der Waals surface area (Å²) in [4.78, 5) is -0.0579. The molecule has 1 aromatic carbocycles. The van der Waals surface area contributed by atoms with Crippen LogP contribution < -0.4 is 10.5 Å². The van der Waals surface area contributed by atoms with E-state index in [1.165, 1.54) is 6.20 Å². The Hall–Kier alpha value is -1.54. The second-order valence-corrected chi connectivity index (χ2v) is 6.47. The fourth-order valence-corrected chi connectivity index (χ4v) is 3.19. The highest BCUT2D eigenvalue weighted by Gasteiger charge is 2.20. The van der Waals surface area contributed by atoms with Gasteiger partial charge >= 0.3 is 0 Å². The lowest BCUT2D eigenvalue weighted by molar-refractivity contribution is 0.601. The zero-order valence-electron chi connectivity index (χ0n) is 10.1. The summed E-state index contributed by atoms with van der Waals surface area (Å²) in [6.07, 6.45) is 1.89. The lowest BCUT2D eigenvalue weighted by Crippen LogP contribution is -2.15. The molecule has 0 radical (unpaired) electrons. The monoisotopic (exact) mass is 344 g/mol. The molecule has 1 heterocycles. The average molecular weight is 345 g/mol. The maximum absolute atomic E-state index is 12.2. The minimum Gasteiger partial charge on any atom is -0.383 e. The topological polar surface area (TPSA) is 101 Å². The van der Waals surface area contributed by atoms with Gasteiger partial charge < -0.3 is 5.73 Å². The first kappa shape index (κ1) is 13.9. The summed E-state index contributed by atoms with van der Waals surface area (Å²) >= 11 is 3.35. The molecule has 2 rings (SSSR count). The van der Waals surface area contributed by atoms with E-state index >= 15 is 0 Å². The second kappa shape index (κ2) is 5.22. The molecule has 8 heteroatoms. The van der Waals surface area contributed by atoms with E-state index in [0.717, 1.165) is 10.0 Å². The van der Waals surface area contributed by atoms with Crippen molar-refractivity contribution in [3.63, 3.8) is 0 Å². The van der Waals surface area contributed by atoms with Gasteiger partial charge in [0.2, 0.25) is 0 Å². The van der Waals surface area contributed by atoms with Crippen molar-refractivity contribution in [3.8, 4) is 0 Å². The Balaban J connectivity index is 2.39. The molecular formula is C11H13BrN4O2S. The van der Waals surface area contributed by atoms with Crippen molar-refractivity contribution in [2.45, 2.75) is 18.2 Å². The van der Waals surface area contributed by atoms with Crippen molar-refractivity contribution in [3.05, 3.63) is 34.4 Å². The van der Waals surface area contributed by atoms with Gasteiger partial charge in [-0.2, -0.15) is 5.10 Å². The quantitative estimate of drug-likeness (QED) is 0.790. The van der Waals surface area contributed by atoms with Gasteiger partial charge in [-0.05, 0) is 30.2 Å². The summed E-state index contributed by atoms with van der Waals surface area (Å²) in [5.41, 5.74) is 6.95. The van der Waals surface area contributed by atoms with Crippen LogP contribution in [0, 0.1) is 0 Å². The zero-order chi connectivity index (χ0) is 14.0. The molecule has 2 aromatic rings. The van der Waals surface area contributed by atoms with Crippen LogP contribution in [0.1, 0.15) is 12.5 Å². The first-order valence-electron chi connectivity index (χ1n) is 5.54. The SMILES string of the molecule is CCc1cc(Br)ccc1NS(=O)(=O)c1cn[nH]c1N. The van der Waals surface area contributed by atoms with E-state index < -0.39 is 10.0 Å². The number of halogens is 1.